The lowest BCUT2D eigenvalue weighted by molar-refractivity contribution is -0.0372. The van der Waals surface area contributed by atoms with E-state index in [-0.39, 0.29) is 17.9 Å². The summed E-state index contributed by atoms with van der Waals surface area (Å²) in [4.78, 5) is 13.6. The average Bonchev–Trinajstić information content (AvgIpc) is 2.59. The number of hydrogen-bond acceptors (Lipinski definition) is 4. The number of aliphatic hydroxyl groups is 2. The van der Waals surface area contributed by atoms with Crippen molar-refractivity contribution in [3.05, 3.63) is 0 Å². The molecule has 18 heavy (non-hydrogen) atoms. The first-order chi connectivity index (χ1) is 8.26. The first-order valence-electron chi connectivity index (χ1n) is 6.60. The van der Waals surface area contributed by atoms with Crippen molar-refractivity contribution >= 4 is 6.09 Å². The Morgan fingerprint density at radius 1 is 1.11 bits per heavy atom. The van der Waals surface area contributed by atoms with Gasteiger partial charge in [-0.2, -0.15) is 0 Å². The van der Waals surface area contributed by atoms with Crippen LogP contribution in [-0.2, 0) is 4.74 Å². The lowest BCUT2D eigenvalue weighted by atomic mass is 9.79. The van der Waals surface area contributed by atoms with Crippen molar-refractivity contribution in [3.63, 3.8) is 0 Å². The molecule has 104 valence electrons. The lowest BCUT2D eigenvalue weighted by Crippen LogP contribution is -2.38. The third-order valence-electron chi connectivity index (χ3n) is 3.76. The Morgan fingerprint density at radius 3 is 1.94 bits per heavy atom. The highest BCUT2D eigenvalue weighted by atomic mass is 16.6. The Labute approximate surface area is 108 Å². The van der Waals surface area contributed by atoms with Crippen LogP contribution in [0.25, 0.3) is 0 Å². The van der Waals surface area contributed by atoms with Gasteiger partial charge >= 0.3 is 6.09 Å². The first kappa shape index (κ1) is 13.6. The highest BCUT2D eigenvalue weighted by Crippen LogP contribution is 2.36. The fraction of sp³-hybridized carbons (Fsp3) is 0.923. The monoisotopic (exact) mass is 257 g/mol. The maximum Gasteiger partial charge on any atom is 0.410 e. The molecular weight excluding hydrogens is 234 g/mol. The van der Waals surface area contributed by atoms with Gasteiger partial charge < -0.3 is 19.8 Å². The first-order valence-corrected chi connectivity index (χ1v) is 6.60. The van der Waals surface area contributed by atoms with Crippen LogP contribution in [0.1, 0.15) is 33.6 Å². The van der Waals surface area contributed by atoms with E-state index in [2.05, 4.69) is 0 Å². The van der Waals surface area contributed by atoms with E-state index in [4.69, 9.17) is 4.74 Å². The van der Waals surface area contributed by atoms with Crippen LogP contribution >= 0.6 is 0 Å². The molecule has 0 unspecified atom stereocenters. The summed E-state index contributed by atoms with van der Waals surface area (Å²) in [5.41, 5.74) is -0.482. The Balaban J connectivity index is 1.94. The molecule has 0 aromatic rings. The Kier molecular flexibility index (Phi) is 3.56. The predicted octanol–water partition coefficient (Wildman–Crippen LogP) is 0.985. The number of carbonyl (C=O) groups is 1. The van der Waals surface area contributed by atoms with Gasteiger partial charge in [-0.1, -0.05) is 0 Å². The molecule has 2 N–H and O–H groups in total. The predicted molar refractivity (Wildman–Crippen MR) is 66.0 cm³/mol. The second kappa shape index (κ2) is 4.70. The van der Waals surface area contributed by atoms with Crippen LogP contribution in [0.4, 0.5) is 4.79 Å². The molecule has 0 bridgehead atoms. The van der Waals surface area contributed by atoms with Gasteiger partial charge in [0.05, 0.1) is 12.2 Å². The second-order valence-corrected chi connectivity index (χ2v) is 6.51. The molecule has 5 heteroatoms. The van der Waals surface area contributed by atoms with E-state index in [1.54, 1.807) is 4.90 Å². The summed E-state index contributed by atoms with van der Waals surface area (Å²) in [6.07, 6.45) is -0.438. The van der Waals surface area contributed by atoms with E-state index < -0.39 is 17.8 Å². The molecule has 1 saturated heterocycles. The van der Waals surface area contributed by atoms with Crippen LogP contribution in [-0.4, -0.2) is 52.1 Å². The SMILES string of the molecule is CC(C)(C)OC(=O)N1C[C@H]2C[C@@H](O)[C@@H](O)C[C@H]2C1. The van der Waals surface area contributed by atoms with Crippen molar-refractivity contribution < 1.29 is 19.7 Å². The Hall–Kier alpha value is -0.810. The number of likely N-dealkylation sites (tertiary alicyclic amines) is 1. The third-order valence-corrected chi connectivity index (χ3v) is 3.76. The van der Waals surface area contributed by atoms with Gasteiger partial charge in [-0.3, -0.25) is 0 Å². The fourth-order valence-corrected chi connectivity index (χ4v) is 2.88. The summed E-state index contributed by atoms with van der Waals surface area (Å²) in [5.74, 6) is 0.576. The molecule has 0 aromatic heterocycles. The lowest BCUT2D eigenvalue weighted by Gasteiger charge is -2.31. The zero-order chi connectivity index (χ0) is 13.5. The van der Waals surface area contributed by atoms with Crippen molar-refractivity contribution in [2.24, 2.45) is 11.8 Å². The summed E-state index contributed by atoms with van der Waals surface area (Å²) in [6.45, 7) is 6.80. The van der Waals surface area contributed by atoms with E-state index in [1.807, 2.05) is 20.8 Å². The van der Waals surface area contributed by atoms with Gasteiger partial charge in [0.15, 0.2) is 0 Å². The highest BCUT2D eigenvalue weighted by Gasteiger charge is 2.43. The summed E-state index contributed by atoms with van der Waals surface area (Å²) in [5, 5.41) is 19.3. The number of amides is 1. The minimum absolute atomic E-state index is 0.288. The Morgan fingerprint density at radius 2 is 1.56 bits per heavy atom. The molecule has 1 aliphatic carbocycles. The minimum Gasteiger partial charge on any atom is -0.444 e. The van der Waals surface area contributed by atoms with Crippen molar-refractivity contribution in [2.75, 3.05) is 13.1 Å². The Bertz CT molecular complexity index is 307. The van der Waals surface area contributed by atoms with E-state index in [9.17, 15) is 15.0 Å². The van der Waals surface area contributed by atoms with E-state index >= 15 is 0 Å². The summed E-state index contributed by atoms with van der Waals surface area (Å²) in [7, 11) is 0. The quantitative estimate of drug-likeness (QED) is 0.679. The van der Waals surface area contributed by atoms with Crippen molar-refractivity contribution in [1.29, 1.82) is 0 Å². The molecule has 0 aromatic carbocycles. The number of hydrogen-bond donors (Lipinski definition) is 2. The van der Waals surface area contributed by atoms with Gasteiger partial charge in [-0.25, -0.2) is 4.79 Å². The van der Waals surface area contributed by atoms with Crippen molar-refractivity contribution in [2.45, 2.75) is 51.4 Å². The van der Waals surface area contributed by atoms with Crippen LogP contribution in [0.15, 0.2) is 0 Å². The smallest absolute Gasteiger partial charge is 0.410 e. The maximum atomic E-state index is 11.9. The highest BCUT2D eigenvalue weighted by molar-refractivity contribution is 5.68. The van der Waals surface area contributed by atoms with Crippen LogP contribution in [0.5, 0.6) is 0 Å². The number of ether oxygens (including phenoxy) is 1. The number of fused-ring (bicyclic) bond motifs is 1. The standard InChI is InChI=1S/C13H23NO4/c1-13(2,3)18-12(17)14-6-8-4-10(15)11(16)5-9(8)7-14/h8-11,15-16H,4-7H2,1-3H3/t8-,9+,10-,11+. The summed E-state index contributed by atoms with van der Waals surface area (Å²) < 4.78 is 5.34. The second-order valence-electron chi connectivity index (χ2n) is 6.51. The van der Waals surface area contributed by atoms with Crippen LogP contribution < -0.4 is 0 Å². The van der Waals surface area contributed by atoms with Crippen LogP contribution in [0, 0.1) is 11.8 Å². The molecular formula is C13H23NO4. The fourth-order valence-electron chi connectivity index (χ4n) is 2.88. The largest absolute Gasteiger partial charge is 0.444 e. The molecule has 5 nitrogen and oxygen atoms in total. The maximum absolute atomic E-state index is 11.9. The number of nitrogens with zero attached hydrogens (tertiary/aromatic N) is 1. The van der Waals surface area contributed by atoms with Gasteiger partial charge in [0.25, 0.3) is 0 Å². The zero-order valence-corrected chi connectivity index (χ0v) is 11.3. The van der Waals surface area contributed by atoms with Crippen LogP contribution in [0.3, 0.4) is 0 Å². The third kappa shape index (κ3) is 2.95. The number of aliphatic hydroxyl groups excluding tert-OH is 2. The average molecular weight is 257 g/mol. The normalized spacial score (nSPS) is 36.4. The van der Waals surface area contributed by atoms with Crippen molar-refractivity contribution in [3.8, 4) is 0 Å². The molecule has 1 heterocycles. The molecule has 1 saturated carbocycles. The van der Waals surface area contributed by atoms with Crippen molar-refractivity contribution in [1.82, 2.24) is 4.90 Å². The van der Waals surface area contributed by atoms with E-state index in [0.717, 1.165) is 0 Å². The summed E-state index contributed by atoms with van der Waals surface area (Å²) in [6, 6.07) is 0. The molecule has 4 atom stereocenters. The molecule has 2 aliphatic rings. The van der Waals surface area contributed by atoms with E-state index in [0.29, 0.717) is 25.9 Å². The molecule has 1 amide bonds. The number of rotatable bonds is 0. The topological polar surface area (TPSA) is 70.0 Å². The van der Waals surface area contributed by atoms with Gasteiger partial charge in [0.2, 0.25) is 0 Å². The molecule has 2 fully saturated rings. The van der Waals surface area contributed by atoms with E-state index in [1.165, 1.54) is 0 Å². The molecule has 1 aliphatic heterocycles. The van der Waals surface area contributed by atoms with Gasteiger partial charge in [0, 0.05) is 13.1 Å². The van der Waals surface area contributed by atoms with Crippen LogP contribution in [0.2, 0.25) is 0 Å². The van der Waals surface area contributed by atoms with Gasteiger partial charge in [-0.15, -0.1) is 0 Å². The molecule has 2 rings (SSSR count). The molecule has 0 radical (unpaired) electrons. The van der Waals surface area contributed by atoms with Gasteiger partial charge in [-0.05, 0) is 45.4 Å². The van der Waals surface area contributed by atoms with Gasteiger partial charge in [0.1, 0.15) is 5.60 Å². The zero-order valence-electron chi connectivity index (χ0n) is 11.3. The summed E-state index contributed by atoms with van der Waals surface area (Å²) >= 11 is 0. The minimum atomic E-state index is -0.648. The number of carbonyl (C=O) groups excluding carboxylic acids is 1. The molecule has 0 spiro atoms.